The topological polar surface area (TPSA) is 33.5 Å². The molecule has 7 aromatic carbocycles. The van der Waals surface area contributed by atoms with E-state index in [-0.39, 0.29) is 31.9 Å². The van der Waals surface area contributed by atoms with Gasteiger partial charge in [0.2, 0.25) is 0 Å². The molecule has 0 atom stereocenters. The van der Waals surface area contributed by atoms with E-state index in [9.17, 15) is 8.78 Å². The molecule has 0 saturated carbocycles. The minimum atomic E-state index is -0.640. The van der Waals surface area contributed by atoms with Crippen molar-refractivity contribution in [2.75, 3.05) is 9.80 Å². The predicted octanol–water partition coefficient (Wildman–Crippen LogP) is 15.2. The van der Waals surface area contributed by atoms with Crippen molar-refractivity contribution < 1.29 is 34.6 Å². The summed E-state index contributed by atoms with van der Waals surface area (Å²) in [6, 6.07) is 55.9. The first-order chi connectivity index (χ1) is 30.3. The van der Waals surface area contributed by atoms with Crippen LogP contribution in [-0.4, -0.2) is 9.55 Å². The third-order valence-corrected chi connectivity index (χ3v) is 11.7. The molecule has 0 aliphatic carbocycles. The Morgan fingerprint density at radius 1 is 0.562 bits per heavy atom. The average Bonchev–Trinajstić information content (AvgIpc) is 3.81. The number of para-hydroxylation sites is 4. The molecule has 0 unspecified atom stereocenters. The zero-order chi connectivity index (χ0) is 43.6. The summed E-state index contributed by atoms with van der Waals surface area (Å²) in [6.45, 7) is 15.2. The van der Waals surface area contributed by atoms with Crippen molar-refractivity contribution in [3.05, 3.63) is 199 Å². The van der Waals surface area contributed by atoms with Crippen LogP contribution in [0.25, 0.3) is 49.9 Å². The molecular formula is C56H45F2N4OPt-3. The summed E-state index contributed by atoms with van der Waals surface area (Å²) in [5.74, 6) is 0.618. The Labute approximate surface area is 387 Å². The Morgan fingerprint density at radius 3 is 1.94 bits per heavy atom. The average molecular weight is 1020 g/mol. The molecule has 0 bridgehead atoms. The molecule has 1 aliphatic heterocycles. The van der Waals surface area contributed by atoms with Gasteiger partial charge in [0, 0.05) is 78.5 Å². The van der Waals surface area contributed by atoms with Crippen molar-refractivity contribution >= 4 is 44.6 Å². The first-order valence-electron chi connectivity index (χ1n) is 21.2. The number of pyridine rings is 1. The van der Waals surface area contributed by atoms with Gasteiger partial charge in [-0.1, -0.05) is 126 Å². The van der Waals surface area contributed by atoms with Crippen LogP contribution in [0.5, 0.6) is 11.5 Å². The van der Waals surface area contributed by atoms with Crippen LogP contribution >= 0.6 is 0 Å². The molecule has 9 aromatic rings. The number of anilines is 4. The van der Waals surface area contributed by atoms with Crippen molar-refractivity contribution in [3.63, 3.8) is 0 Å². The Hall–Kier alpha value is -6.56. The van der Waals surface area contributed by atoms with Gasteiger partial charge in [-0.15, -0.1) is 53.6 Å². The summed E-state index contributed by atoms with van der Waals surface area (Å²) in [6.07, 6.45) is 1.88. The zero-order valence-electron chi connectivity index (χ0n) is 36.4. The summed E-state index contributed by atoms with van der Waals surface area (Å²) in [7, 11) is 0. The number of benzene rings is 7. The van der Waals surface area contributed by atoms with E-state index in [1.807, 2.05) is 91.7 Å². The molecule has 0 spiro atoms. The van der Waals surface area contributed by atoms with Crippen LogP contribution in [0.15, 0.2) is 158 Å². The third kappa shape index (κ3) is 7.88. The van der Waals surface area contributed by atoms with Crippen molar-refractivity contribution in [2.45, 2.75) is 52.4 Å². The molecule has 0 fully saturated rings. The molecule has 64 heavy (non-hydrogen) atoms. The molecule has 0 amide bonds. The first kappa shape index (κ1) is 42.7. The predicted molar refractivity (Wildman–Crippen MR) is 252 cm³/mol. The largest absolute Gasteiger partial charge is 0.509 e. The zero-order valence-corrected chi connectivity index (χ0v) is 38.6. The summed E-state index contributed by atoms with van der Waals surface area (Å²) in [5, 5.41) is 2.16. The molecule has 1 aliphatic rings. The van der Waals surface area contributed by atoms with E-state index in [0.717, 1.165) is 73.1 Å². The summed E-state index contributed by atoms with van der Waals surface area (Å²) < 4.78 is 38.7. The van der Waals surface area contributed by atoms with E-state index in [0.29, 0.717) is 22.6 Å². The molecule has 0 N–H and O–H groups in total. The van der Waals surface area contributed by atoms with Crippen molar-refractivity contribution in [3.8, 4) is 39.6 Å². The van der Waals surface area contributed by atoms with Crippen LogP contribution in [0, 0.1) is 30.4 Å². The summed E-state index contributed by atoms with van der Waals surface area (Å²) >= 11 is 0. The number of hydrogen-bond acceptors (Lipinski definition) is 4. The standard InChI is InChI=1S/C56H45F2N4O.Pt/c1-55(2,3)38-25-26-59-53(31-38)62-49-20-11-10-17-47(49)48-24-23-43(34-52(48)62)63-44-30-39(56(4,5)6)29-42(33-44)60-35-61(51-22-13-12-21-50(51)60)54-45(36-15-8-7-9-16-36)18-14-19-46(54)37-27-40(57)32-41(58)28-37;/h7-32,35H,1-6H3;/q-3;. The molecule has 8 heteroatoms. The van der Waals surface area contributed by atoms with E-state index in [4.69, 9.17) is 9.72 Å². The molecule has 322 valence electrons. The Kier molecular flexibility index (Phi) is 11.0. The maximum atomic E-state index is 14.9. The number of fused-ring (bicyclic) bond motifs is 4. The second-order valence-electron chi connectivity index (χ2n) is 18.1. The van der Waals surface area contributed by atoms with Crippen molar-refractivity contribution in [1.29, 1.82) is 0 Å². The molecular weight excluding hydrogens is 978 g/mol. The quantitative estimate of drug-likeness (QED) is 0.149. The third-order valence-electron chi connectivity index (χ3n) is 11.7. The monoisotopic (exact) mass is 1020 g/mol. The smallest absolute Gasteiger partial charge is 0.135 e. The Balaban J connectivity index is 0.00000518. The van der Waals surface area contributed by atoms with Crippen LogP contribution in [0.1, 0.15) is 52.7 Å². The SMILES string of the molecule is CC(C)(C)c1cc(Oc2[c-]c3c(cc2)c2ccccc2n3-c2cc(C(C)(C)C)ccn2)[c-]c(N2[CH-]N(c3c(-c4ccccc4)cccc3-c3cc(F)cc(F)c3)c3ccccc32)c1.[Pt]. The van der Waals surface area contributed by atoms with Crippen LogP contribution in [0.4, 0.5) is 31.5 Å². The number of rotatable bonds is 7. The van der Waals surface area contributed by atoms with Gasteiger partial charge in [0.15, 0.2) is 0 Å². The van der Waals surface area contributed by atoms with Crippen LogP contribution in [0.2, 0.25) is 0 Å². The van der Waals surface area contributed by atoms with Crippen molar-refractivity contribution in [1.82, 2.24) is 9.55 Å². The van der Waals surface area contributed by atoms with Gasteiger partial charge in [0.1, 0.15) is 17.5 Å². The molecule has 0 saturated heterocycles. The second-order valence-corrected chi connectivity index (χ2v) is 18.1. The van der Waals surface area contributed by atoms with Gasteiger partial charge in [0.05, 0.1) is 0 Å². The molecule has 10 rings (SSSR count). The van der Waals surface area contributed by atoms with Crippen LogP contribution in [0.3, 0.4) is 0 Å². The molecule has 5 nitrogen and oxygen atoms in total. The molecule has 0 radical (unpaired) electrons. The minimum Gasteiger partial charge on any atom is -0.509 e. The van der Waals surface area contributed by atoms with E-state index < -0.39 is 11.6 Å². The van der Waals surface area contributed by atoms with Crippen LogP contribution < -0.4 is 14.5 Å². The van der Waals surface area contributed by atoms with Gasteiger partial charge < -0.3 is 19.1 Å². The Morgan fingerprint density at radius 2 is 1.22 bits per heavy atom. The molecule has 3 heterocycles. The first-order valence-corrected chi connectivity index (χ1v) is 21.2. The van der Waals surface area contributed by atoms with E-state index in [1.54, 1.807) is 0 Å². The maximum absolute atomic E-state index is 14.9. The van der Waals surface area contributed by atoms with Gasteiger partial charge in [-0.05, 0) is 75.4 Å². The number of aromatic nitrogens is 2. The fourth-order valence-corrected chi connectivity index (χ4v) is 8.52. The van der Waals surface area contributed by atoms with E-state index in [1.165, 1.54) is 17.7 Å². The maximum Gasteiger partial charge on any atom is 0.135 e. The number of hydrogen-bond donors (Lipinski definition) is 0. The van der Waals surface area contributed by atoms with Gasteiger partial charge in [-0.2, -0.15) is 6.07 Å². The van der Waals surface area contributed by atoms with Gasteiger partial charge in [0.25, 0.3) is 0 Å². The van der Waals surface area contributed by atoms with E-state index in [2.05, 4.69) is 123 Å². The van der Waals surface area contributed by atoms with E-state index >= 15 is 0 Å². The fourth-order valence-electron chi connectivity index (χ4n) is 8.52. The number of nitrogens with zero attached hydrogens (tertiary/aromatic N) is 4. The minimum absolute atomic E-state index is 0. The van der Waals surface area contributed by atoms with Gasteiger partial charge >= 0.3 is 0 Å². The molecule has 2 aromatic heterocycles. The fraction of sp³-hybridized carbons (Fsp3) is 0.143. The van der Waals surface area contributed by atoms with Gasteiger partial charge in [-0.25, -0.2) is 13.8 Å². The van der Waals surface area contributed by atoms with Crippen molar-refractivity contribution in [2.24, 2.45) is 0 Å². The normalized spacial score (nSPS) is 12.8. The summed E-state index contributed by atoms with van der Waals surface area (Å²) in [5.41, 5.74) is 10.2. The van der Waals surface area contributed by atoms with Gasteiger partial charge in [-0.3, -0.25) is 0 Å². The number of halogens is 2. The summed E-state index contributed by atoms with van der Waals surface area (Å²) in [4.78, 5) is 9.07. The second kappa shape index (κ2) is 16.5. The van der Waals surface area contributed by atoms with Crippen LogP contribution in [-0.2, 0) is 31.9 Å². The Bertz CT molecular complexity index is 3180. The number of ether oxygens (including phenoxy) is 1.